The number of benzene rings is 1. The Kier molecular flexibility index (Phi) is 5.28. The van der Waals surface area contributed by atoms with E-state index in [-0.39, 0.29) is 11.7 Å². The number of thiophene rings is 1. The van der Waals surface area contributed by atoms with Gasteiger partial charge < -0.3 is 10.1 Å². The molecule has 120 valence electrons. The van der Waals surface area contributed by atoms with Crippen molar-refractivity contribution < 1.29 is 18.7 Å². The van der Waals surface area contributed by atoms with E-state index in [2.05, 4.69) is 5.32 Å². The van der Waals surface area contributed by atoms with Crippen LogP contribution in [0.4, 0.5) is 9.39 Å². The molecule has 1 amide bonds. The van der Waals surface area contributed by atoms with Crippen molar-refractivity contribution in [1.82, 2.24) is 0 Å². The van der Waals surface area contributed by atoms with Gasteiger partial charge in [-0.15, -0.1) is 11.3 Å². The van der Waals surface area contributed by atoms with E-state index in [1.54, 1.807) is 18.2 Å². The zero-order valence-electron chi connectivity index (χ0n) is 13.0. The second-order valence-corrected chi connectivity index (χ2v) is 6.08. The number of esters is 1. The summed E-state index contributed by atoms with van der Waals surface area (Å²) in [5.74, 6) is -1.19. The summed E-state index contributed by atoms with van der Waals surface area (Å²) < 4.78 is 17.6. The van der Waals surface area contributed by atoms with Gasteiger partial charge in [0.1, 0.15) is 10.8 Å². The van der Waals surface area contributed by atoms with Crippen LogP contribution in [-0.2, 0) is 9.53 Å². The maximum atomic E-state index is 12.8. The SMILES string of the molecule is COC(=O)c1c(NC(=O)C=Cc2ccc(F)cc2)sc(C)c1C. The minimum absolute atomic E-state index is 0.334. The zero-order valence-corrected chi connectivity index (χ0v) is 13.8. The lowest BCUT2D eigenvalue weighted by Gasteiger charge is -2.04. The van der Waals surface area contributed by atoms with Gasteiger partial charge in [-0.1, -0.05) is 12.1 Å². The predicted octanol–water partition coefficient (Wildman–Crippen LogP) is 3.94. The van der Waals surface area contributed by atoms with E-state index >= 15 is 0 Å². The molecular weight excluding hydrogens is 317 g/mol. The van der Waals surface area contributed by atoms with E-state index in [0.29, 0.717) is 16.1 Å². The third kappa shape index (κ3) is 4.04. The number of ether oxygens (including phenoxy) is 1. The highest BCUT2D eigenvalue weighted by Gasteiger charge is 2.20. The molecule has 1 heterocycles. The van der Waals surface area contributed by atoms with Crippen LogP contribution in [0, 0.1) is 19.7 Å². The van der Waals surface area contributed by atoms with Gasteiger partial charge in [0.25, 0.3) is 0 Å². The van der Waals surface area contributed by atoms with Crippen LogP contribution in [0.15, 0.2) is 30.3 Å². The molecule has 0 saturated carbocycles. The quantitative estimate of drug-likeness (QED) is 0.681. The van der Waals surface area contributed by atoms with Crippen LogP contribution in [0.5, 0.6) is 0 Å². The summed E-state index contributed by atoms with van der Waals surface area (Å²) in [5, 5.41) is 3.15. The molecule has 23 heavy (non-hydrogen) atoms. The number of nitrogens with one attached hydrogen (secondary N) is 1. The van der Waals surface area contributed by atoms with E-state index in [1.165, 1.54) is 36.7 Å². The van der Waals surface area contributed by atoms with E-state index in [0.717, 1.165) is 10.4 Å². The third-order valence-corrected chi connectivity index (χ3v) is 4.43. The molecule has 0 spiro atoms. The Morgan fingerprint density at radius 1 is 1.22 bits per heavy atom. The van der Waals surface area contributed by atoms with Crippen LogP contribution in [0.25, 0.3) is 6.08 Å². The van der Waals surface area contributed by atoms with Crippen molar-refractivity contribution in [3.63, 3.8) is 0 Å². The lowest BCUT2D eigenvalue weighted by Crippen LogP contribution is -2.11. The second-order valence-electron chi connectivity index (χ2n) is 4.85. The topological polar surface area (TPSA) is 55.4 Å². The molecule has 0 fully saturated rings. The molecule has 2 aromatic rings. The Bertz CT molecular complexity index is 763. The molecule has 0 radical (unpaired) electrons. The fourth-order valence-corrected chi connectivity index (χ4v) is 3.01. The van der Waals surface area contributed by atoms with Gasteiger partial charge >= 0.3 is 5.97 Å². The number of halogens is 1. The summed E-state index contributed by atoms with van der Waals surface area (Å²) in [6.07, 6.45) is 2.90. The van der Waals surface area contributed by atoms with Crippen LogP contribution in [0.2, 0.25) is 0 Å². The van der Waals surface area contributed by atoms with E-state index in [1.807, 2.05) is 13.8 Å². The number of carbonyl (C=O) groups excluding carboxylic acids is 2. The number of hydrogen-bond acceptors (Lipinski definition) is 4. The Balaban J connectivity index is 2.16. The summed E-state index contributed by atoms with van der Waals surface area (Å²) in [5.41, 5.74) is 1.87. The summed E-state index contributed by atoms with van der Waals surface area (Å²) >= 11 is 1.32. The fourth-order valence-electron chi connectivity index (χ4n) is 1.96. The first-order chi connectivity index (χ1) is 10.9. The molecule has 0 aliphatic rings. The van der Waals surface area contributed by atoms with Gasteiger partial charge in [0, 0.05) is 11.0 Å². The third-order valence-electron chi connectivity index (χ3n) is 3.31. The molecule has 6 heteroatoms. The first-order valence-corrected chi connectivity index (χ1v) is 7.67. The minimum atomic E-state index is -0.482. The van der Waals surface area contributed by atoms with E-state index < -0.39 is 5.97 Å². The Hall–Kier alpha value is -2.47. The van der Waals surface area contributed by atoms with Gasteiger partial charge in [-0.3, -0.25) is 4.79 Å². The first kappa shape index (κ1) is 16.9. The number of anilines is 1. The molecular formula is C17H16FNO3S. The van der Waals surface area contributed by atoms with Crippen molar-refractivity contribution in [2.24, 2.45) is 0 Å². The number of rotatable bonds is 4. The van der Waals surface area contributed by atoms with Crippen molar-refractivity contribution in [2.75, 3.05) is 12.4 Å². The van der Waals surface area contributed by atoms with E-state index in [4.69, 9.17) is 4.74 Å². The average Bonchev–Trinajstić information content (AvgIpc) is 2.80. The number of methoxy groups -OCH3 is 1. The summed E-state index contributed by atoms with van der Waals surface area (Å²) in [6, 6.07) is 5.77. The first-order valence-electron chi connectivity index (χ1n) is 6.85. The molecule has 0 aliphatic heterocycles. The molecule has 1 N–H and O–H groups in total. The van der Waals surface area contributed by atoms with Crippen LogP contribution >= 0.6 is 11.3 Å². The van der Waals surface area contributed by atoms with Gasteiger partial charge in [-0.25, -0.2) is 9.18 Å². The molecule has 1 aromatic carbocycles. The molecule has 4 nitrogen and oxygen atoms in total. The van der Waals surface area contributed by atoms with Crippen molar-refractivity contribution in [2.45, 2.75) is 13.8 Å². The van der Waals surface area contributed by atoms with Crippen molar-refractivity contribution >= 4 is 34.3 Å². The molecule has 0 bridgehead atoms. The number of amides is 1. The Morgan fingerprint density at radius 2 is 1.87 bits per heavy atom. The number of hydrogen-bond donors (Lipinski definition) is 1. The summed E-state index contributed by atoms with van der Waals surface area (Å²) in [6.45, 7) is 3.68. The van der Waals surface area contributed by atoms with Crippen molar-refractivity contribution in [3.05, 3.63) is 57.7 Å². The maximum absolute atomic E-state index is 12.8. The molecule has 0 aliphatic carbocycles. The largest absolute Gasteiger partial charge is 0.465 e. The standard InChI is InChI=1S/C17H16FNO3S/c1-10-11(2)23-16(15(10)17(21)22-3)19-14(20)9-6-12-4-7-13(18)8-5-12/h4-9H,1-3H3,(H,19,20). The lowest BCUT2D eigenvalue weighted by atomic mass is 10.1. The highest BCUT2D eigenvalue weighted by molar-refractivity contribution is 7.16. The highest BCUT2D eigenvalue weighted by atomic mass is 32.1. The molecule has 1 aromatic heterocycles. The molecule has 0 saturated heterocycles. The van der Waals surface area contributed by atoms with E-state index in [9.17, 15) is 14.0 Å². The normalized spacial score (nSPS) is 10.8. The fraction of sp³-hybridized carbons (Fsp3) is 0.176. The Morgan fingerprint density at radius 3 is 2.48 bits per heavy atom. The van der Waals surface area contributed by atoms with Gasteiger partial charge in [0.2, 0.25) is 5.91 Å². The highest BCUT2D eigenvalue weighted by Crippen LogP contribution is 2.32. The molecule has 0 atom stereocenters. The lowest BCUT2D eigenvalue weighted by molar-refractivity contribution is -0.111. The van der Waals surface area contributed by atoms with Crippen LogP contribution in [-0.4, -0.2) is 19.0 Å². The number of aryl methyl sites for hydroxylation is 1. The predicted molar refractivity (Wildman–Crippen MR) is 89.2 cm³/mol. The van der Waals surface area contributed by atoms with Gasteiger partial charge in [0.05, 0.1) is 12.7 Å². The second kappa shape index (κ2) is 7.19. The van der Waals surface area contributed by atoms with Crippen molar-refractivity contribution in [1.29, 1.82) is 0 Å². The number of carbonyl (C=O) groups is 2. The summed E-state index contributed by atoms with van der Waals surface area (Å²) in [7, 11) is 1.30. The van der Waals surface area contributed by atoms with Crippen LogP contribution in [0.3, 0.4) is 0 Å². The zero-order chi connectivity index (χ0) is 17.0. The van der Waals surface area contributed by atoms with Crippen LogP contribution < -0.4 is 5.32 Å². The van der Waals surface area contributed by atoms with Crippen molar-refractivity contribution in [3.8, 4) is 0 Å². The maximum Gasteiger partial charge on any atom is 0.341 e. The van der Waals surface area contributed by atoms with Crippen LogP contribution in [0.1, 0.15) is 26.4 Å². The van der Waals surface area contributed by atoms with Gasteiger partial charge in [0.15, 0.2) is 0 Å². The Labute approximate surface area is 137 Å². The smallest absolute Gasteiger partial charge is 0.341 e. The molecule has 2 rings (SSSR count). The van der Waals surface area contributed by atoms with Gasteiger partial charge in [-0.2, -0.15) is 0 Å². The van der Waals surface area contributed by atoms with Gasteiger partial charge in [-0.05, 0) is 43.2 Å². The monoisotopic (exact) mass is 333 g/mol. The summed E-state index contributed by atoms with van der Waals surface area (Å²) in [4.78, 5) is 24.8. The average molecular weight is 333 g/mol. The minimum Gasteiger partial charge on any atom is -0.465 e. The molecule has 0 unspecified atom stereocenters.